The topological polar surface area (TPSA) is 50.5 Å². The Morgan fingerprint density at radius 1 is 1.52 bits per heavy atom. The van der Waals surface area contributed by atoms with Gasteiger partial charge in [0.2, 0.25) is 0 Å². The molecule has 21 heavy (non-hydrogen) atoms. The van der Waals surface area contributed by atoms with E-state index in [0.29, 0.717) is 19.1 Å². The number of ether oxygens (including phenoxy) is 1. The van der Waals surface area contributed by atoms with Gasteiger partial charge in [0.05, 0.1) is 23.8 Å². The normalized spacial score (nSPS) is 21.7. The Hall–Kier alpha value is -0.720. The maximum absolute atomic E-state index is 13.5. The minimum Gasteiger partial charge on any atom is -0.374 e. The highest BCUT2D eigenvalue weighted by atomic mass is 35.5. The van der Waals surface area contributed by atoms with Crippen molar-refractivity contribution in [2.24, 2.45) is 5.84 Å². The van der Waals surface area contributed by atoms with Gasteiger partial charge in [0.15, 0.2) is 0 Å². The standard InChI is InChI=1S/C15H23ClFN3O/c1-10(2)20-6-7-21-14(9-20)13(19-18)8-11-4-3-5-12(17)15(11)16/h3-5,10,13-14,19H,6-9,18H2,1-2H3. The SMILES string of the molecule is CC(C)N1CCOC(C(Cc2cccc(F)c2Cl)NN)C1. The average molecular weight is 316 g/mol. The second-order valence-corrected chi connectivity index (χ2v) is 6.07. The first-order chi connectivity index (χ1) is 10.0. The van der Waals surface area contributed by atoms with E-state index in [-0.39, 0.29) is 17.2 Å². The molecule has 1 aromatic carbocycles. The molecule has 1 aliphatic rings. The molecule has 4 nitrogen and oxygen atoms in total. The van der Waals surface area contributed by atoms with E-state index in [9.17, 15) is 4.39 Å². The van der Waals surface area contributed by atoms with Crippen LogP contribution in [0.25, 0.3) is 0 Å². The van der Waals surface area contributed by atoms with Gasteiger partial charge in [-0.1, -0.05) is 23.7 Å². The highest BCUT2D eigenvalue weighted by molar-refractivity contribution is 6.31. The van der Waals surface area contributed by atoms with E-state index in [2.05, 4.69) is 24.2 Å². The zero-order valence-corrected chi connectivity index (χ0v) is 13.2. The number of benzene rings is 1. The van der Waals surface area contributed by atoms with Crippen molar-refractivity contribution in [3.05, 3.63) is 34.6 Å². The van der Waals surface area contributed by atoms with Crippen LogP contribution in [-0.4, -0.2) is 42.8 Å². The Morgan fingerprint density at radius 2 is 2.29 bits per heavy atom. The minimum atomic E-state index is -0.404. The van der Waals surface area contributed by atoms with Gasteiger partial charge in [-0.2, -0.15) is 0 Å². The number of hydrogen-bond donors (Lipinski definition) is 2. The van der Waals surface area contributed by atoms with Gasteiger partial charge in [-0.3, -0.25) is 16.2 Å². The largest absolute Gasteiger partial charge is 0.374 e. The van der Waals surface area contributed by atoms with Crippen molar-refractivity contribution in [3.63, 3.8) is 0 Å². The van der Waals surface area contributed by atoms with Crippen molar-refractivity contribution in [1.29, 1.82) is 0 Å². The van der Waals surface area contributed by atoms with Crippen LogP contribution in [0.15, 0.2) is 18.2 Å². The van der Waals surface area contributed by atoms with E-state index in [0.717, 1.165) is 18.7 Å². The molecule has 1 aliphatic heterocycles. The van der Waals surface area contributed by atoms with E-state index in [1.165, 1.54) is 6.07 Å². The van der Waals surface area contributed by atoms with Crippen LogP contribution in [0.2, 0.25) is 5.02 Å². The van der Waals surface area contributed by atoms with Crippen LogP contribution in [0.1, 0.15) is 19.4 Å². The number of nitrogens with two attached hydrogens (primary N) is 1. The van der Waals surface area contributed by atoms with E-state index in [1.807, 2.05) is 6.07 Å². The van der Waals surface area contributed by atoms with Gasteiger partial charge in [0, 0.05) is 19.1 Å². The summed E-state index contributed by atoms with van der Waals surface area (Å²) in [6.45, 7) is 6.73. The van der Waals surface area contributed by atoms with Crippen LogP contribution in [0, 0.1) is 5.82 Å². The molecule has 0 saturated carbocycles. The average Bonchev–Trinajstić information content (AvgIpc) is 2.49. The van der Waals surface area contributed by atoms with Gasteiger partial charge in [-0.05, 0) is 31.9 Å². The number of rotatable bonds is 5. The Bertz CT molecular complexity index is 472. The van der Waals surface area contributed by atoms with Crippen molar-refractivity contribution in [2.75, 3.05) is 19.7 Å². The first kappa shape index (κ1) is 16.6. The lowest BCUT2D eigenvalue weighted by molar-refractivity contribution is -0.0552. The zero-order valence-electron chi connectivity index (χ0n) is 12.5. The molecule has 0 amide bonds. The second-order valence-electron chi connectivity index (χ2n) is 5.69. The number of halogens is 2. The van der Waals surface area contributed by atoms with Crippen molar-refractivity contribution in [2.45, 2.75) is 38.5 Å². The highest BCUT2D eigenvalue weighted by Gasteiger charge is 2.29. The molecule has 0 bridgehead atoms. The molecule has 1 fully saturated rings. The van der Waals surface area contributed by atoms with Gasteiger partial charge in [0.25, 0.3) is 0 Å². The monoisotopic (exact) mass is 315 g/mol. The molecule has 0 aliphatic carbocycles. The minimum absolute atomic E-state index is 0.0366. The predicted octanol–water partition coefficient (Wildman–Crippen LogP) is 1.96. The third-order valence-corrected chi connectivity index (χ3v) is 4.41. The quantitative estimate of drug-likeness (QED) is 0.644. The number of hydrogen-bond acceptors (Lipinski definition) is 4. The molecule has 0 aromatic heterocycles. The van der Waals surface area contributed by atoms with Gasteiger partial charge in [-0.15, -0.1) is 0 Å². The molecule has 2 atom stereocenters. The summed E-state index contributed by atoms with van der Waals surface area (Å²) in [5, 5.41) is 0.161. The van der Waals surface area contributed by atoms with Crippen LogP contribution in [0.4, 0.5) is 4.39 Å². The lowest BCUT2D eigenvalue weighted by atomic mass is 10.00. The van der Waals surface area contributed by atoms with Gasteiger partial charge in [0.1, 0.15) is 5.82 Å². The van der Waals surface area contributed by atoms with Crippen LogP contribution in [-0.2, 0) is 11.2 Å². The van der Waals surface area contributed by atoms with Crippen molar-refractivity contribution in [1.82, 2.24) is 10.3 Å². The predicted molar refractivity (Wildman–Crippen MR) is 82.7 cm³/mol. The number of hydrazine groups is 1. The highest BCUT2D eigenvalue weighted by Crippen LogP contribution is 2.23. The van der Waals surface area contributed by atoms with Crippen molar-refractivity contribution in [3.8, 4) is 0 Å². The number of nitrogens with zero attached hydrogens (tertiary/aromatic N) is 1. The van der Waals surface area contributed by atoms with E-state index < -0.39 is 5.82 Å². The van der Waals surface area contributed by atoms with Crippen LogP contribution in [0.3, 0.4) is 0 Å². The summed E-state index contributed by atoms with van der Waals surface area (Å²) in [6, 6.07) is 5.19. The fourth-order valence-corrected chi connectivity index (χ4v) is 2.85. The van der Waals surface area contributed by atoms with E-state index in [1.54, 1.807) is 6.07 Å². The fourth-order valence-electron chi connectivity index (χ4n) is 2.65. The summed E-state index contributed by atoms with van der Waals surface area (Å²) in [5.74, 6) is 5.27. The Kier molecular flexibility index (Phi) is 5.96. The summed E-state index contributed by atoms with van der Waals surface area (Å²) in [7, 11) is 0. The van der Waals surface area contributed by atoms with E-state index >= 15 is 0 Å². The molecule has 6 heteroatoms. The summed E-state index contributed by atoms with van der Waals surface area (Å²) in [4.78, 5) is 2.35. The summed E-state index contributed by atoms with van der Waals surface area (Å²) in [6.07, 6.45) is 0.495. The maximum atomic E-state index is 13.5. The summed E-state index contributed by atoms with van der Waals surface area (Å²) in [5.41, 5.74) is 3.53. The first-order valence-corrected chi connectivity index (χ1v) is 7.65. The van der Waals surface area contributed by atoms with Gasteiger partial charge >= 0.3 is 0 Å². The first-order valence-electron chi connectivity index (χ1n) is 7.27. The molecule has 1 heterocycles. The molecule has 3 N–H and O–H groups in total. The van der Waals surface area contributed by atoms with Crippen LogP contribution >= 0.6 is 11.6 Å². The molecule has 0 radical (unpaired) electrons. The van der Waals surface area contributed by atoms with Crippen molar-refractivity contribution < 1.29 is 9.13 Å². The molecule has 118 valence electrons. The molecular formula is C15H23ClFN3O. The second kappa shape index (κ2) is 7.51. The van der Waals surface area contributed by atoms with Gasteiger partial charge in [-0.25, -0.2) is 4.39 Å². The zero-order chi connectivity index (χ0) is 15.4. The molecule has 0 spiro atoms. The van der Waals surface area contributed by atoms with Crippen molar-refractivity contribution >= 4 is 11.6 Å². The molecule has 2 rings (SSSR count). The van der Waals surface area contributed by atoms with Crippen LogP contribution < -0.4 is 11.3 Å². The molecule has 1 aromatic rings. The lowest BCUT2D eigenvalue weighted by Crippen LogP contribution is -2.56. The lowest BCUT2D eigenvalue weighted by Gasteiger charge is -2.38. The van der Waals surface area contributed by atoms with Crippen LogP contribution in [0.5, 0.6) is 0 Å². The third-order valence-electron chi connectivity index (χ3n) is 3.99. The molecule has 2 unspecified atom stereocenters. The Morgan fingerprint density at radius 3 is 2.95 bits per heavy atom. The fraction of sp³-hybridized carbons (Fsp3) is 0.600. The number of nitrogens with one attached hydrogen (secondary N) is 1. The molecular weight excluding hydrogens is 293 g/mol. The number of morpholine rings is 1. The summed E-state index contributed by atoms with van der Waals surface area (Å²) >= 11 is 6.02. The Labute approximate surface area is 130 Å². The van der Waals surface area contributed by atoms with E-state index in [4.69, 9.17) is 22.2 Å². The third kappa shape index (κ3) is 4.14. The smallest absolute Gasteiger partial charge is 0.142 e. The summed E-state index contributed by atoms with van der Waals surface area (Å²) < 4.78 is 19.4. The van der Waals surface area contributed by atoms with Gasteiger partial charge < -0.3 is 4.74 Å². The Balaban J connectivity index is 2.07. The molecule has 1 saturated heterocycles. The maximum Gasteiger partial charge on any atom is 0.142 e.